The van der Waals surface area contributed by atoms with Crippen LogP contribution in [0.15, 0.2) is 36.4 Å². The van der Waals surface area contributed by atoms with Crippen molar-refractivity contribution in [3.8, 4) is 6.07 Å². The first-order chi connectivity index (χ1) is 9.69. The average molecular weight is 303 g/mol. The maximum Gasteiger partial charge on any atom is 0.114 e. The summed E-state index contributed by atoms with van der Waals surface area (Å²) >= 11 is 12.0. The molecule has 4 nitrogen and oxygen atoms in total. The lowest BCUT2D eigenvalue weighted by Gasteiger charge is -2.05. The first-order valence-electron chi connectivity index (χ1n) is 5.85. The van der Waals surface area contributed by atoms with Crippen LogP contribution in [0.25, 0.3) is 11.0 Å². The van der Waals surface area contributed by atoms with Crippen molar-refractivity contribution in [2.75, 3.05) is 0 Å². The normalized spacial score (nSPS) is 10.7. The van der Waals surface area contributed by atoms with Gasteiger partial charge in [0, 0.05) is 0 Å². The highest BCUT2D eigenvalue weighted by Crippen LogP contribution is 2.27. The Morgan fingerprint density at radius 3 is 2.70 bits per heavy atom. The Balaban J connectivity index is 2.08. The highest BCUT2D eigenvalue weighted by atomic mass is 35.5. The molecule has 6 heteroatoms. The van der Waals surface area contributed by atoms with Gasteiger partial charge in [0.25, 0.3) is 0 Å². The van der Waals surface area contributed by atoms with E-state index in [-0.39, 0.29) is 0 Å². The van der Waals surface area contributed by atoms with Crippen molar-refractivity contribution in [1.29, 1.82) is 5.26 Å². The Kier molecular flexibility index (Phi) is 3.31. The molecule has 0 fully saturated rings. The molecule has 0 saturated heterocycles. The monoisotopic (exact) mass is 302 g/mol. The van der Waals surface area contributed by atoms with Gasteiger partial charge >= 0.3 is 0 Å². The zero-order valence-corrected chi connectivity index (χ0v) is 11.7. The number of halogens is 2. The molecule has 0 aliphatic carbocycles. The minimum atomic E-state index is 0.448. The second-order valence-corrected chi connectivity index (χ2v) is 5.09. The van der Waals surface area contributed by atoms with Crippen LogP contribution in [0.5, 0.6) is 0 Å². The molecule has 0 aliphatic rings. The molecule has 0 N–H and O–H groups in total. The fourth-order valence-electron chi connectivity index (χ4n) is 2.01. The first-order valence-corrected chi connectivity index (χ1v) is 6.61. The smallest absolute Gasteiger partial charge is 0.114 e. The second kappa shape index (κ2) is 5.12. The zero-order chi connectivity index (χ0) is 14.1. The standard InChI is InChI=1S/C14H8Cl2N4/c15-11-5-13-14(6-12(11)16)20(19-18-13)8-10-4-2-1-3-9(10)7-17/h1-6H,8H2. The van der Waals surface area contributed by atoms with Crippen LogP contribution in [0.1, 0.15) is 11.1 Å². The molecule has 2 aromatic carbocycles. The molecule has 20 heavy (non-hydrogen) atoms. The van der Waals surface area contributed by atoms with E-state index in [0.29, 0.717) is 27.7 Å². The number of nitrogens with zero attached hydrogens (tertiary/aromatic N) is 4. The quantitative estimate of drug-likeness (QED) is 0.726. The highest BCUT2D eigenvalue weighted by molar-refractivity contribution is 6.42. The van der Waals surface area contributed by atoms with E-state index >= 15 is 0 Å². The van der Waals surface area contributed by atoms with Gasteiger partial charge in [0.1, 0.15) is 5.52 Å². The lowest BCUT2D eigenvalue weighted by molar-refractivity contribution is 0.669. The molecule has 0 saturated carbocycles. The number of hydrogen-bond donors (Lipinski definition) is 0. The van der Waals surface area contributed by atoms with Crippen LogP contribution in [0.4, 0.5) is 0 Å². The molecule has 0 radical (unpaired) electrons. The van der Waals surface area contributed by atoms with E-state index in [1.165, 1.54) is 0 Å². The van der Waals surface area contributed by atoms with E-state index in [4.69, 9.17) is 28.5 Å². The Morgan fingerprint density at radius 1 is 1.15 bits per heavy atom. The zero-order valence-electron chi connectivity index (χ0n) is 10.2. The molecule has 1 aromatic heterocycles. The van der Waals surface area contributed by atoms with Crippen LogP contribution >= 0.6 is 23.2 Å². The van der Waals surface area contributed by atoms with E-state index < -0.39 is 0 Å². The molecule has 0 spiro atoms. The topological polar surface area (TPSA) is 54.5 Å². The maximum atomic E-state index is 9.11. The fraction of sp³-hybridized carbons (Fsp3) is 0.0714. The lowest BCUT2D eigenvalue weighted by atomic mass is 10.1. The Bertz CT molecular complexity index is 833. The summed E-state index contributed by atoms with van der Waals surface area (Å²) in [4.78, 5) is 0. The molecular weight excluding hydrogens is 295 g/mol. The lowest BCUT2D eigenvalue weighted by Crippen LogP contribution is -2.03. The van der Waals surface area contributed by atoms with Crippen molar-refractivity contribution in [1.82, 2.24) is 15.0 Å². The Hall–Kier alpha value is -2.09. The highest BCUT2D eigenvalue weighted by Gasteiger charge is 2.10. The molecule has 0 unspecified atom stereocenters. The first kappa shape index (κ1) is 12.9. The molecule has 0 bridgehead atoms. The van der Waals surface area contributed by atoms with Crippen LogP contribution < -0.4 is 0 Å². The predicted molar refractivity (Wildman–Crippen MR) is 77.8 cm³/mol. The van der Waals surface area contributed by atoms with Crippen LogP contribution in [0.2, 0.25) is 10.0 Å². The van der Waals surface area contributed by atoms with Crippen LogP contribution in [-0.2, 0) is 6.54 Å². The number of nitriles is 1. The minimum Gasteiger partial charge on any atom is -0.240 e. The molecule has 0 atom stereocenters. The summed E-state index contributed by atoms with van der Waals surface area (Å²) in [5.74, 6) is 0. The summed E-state index contributed by atoms with van der Waals surface area (Å²) in [7, 11) is 0. The summed E-state index contributed by atoms with van der Waals surface area (Å²) in [5.41, 5.74) is 2.96. The SMILES string of the molecule is N#Cc1ccccc1Cn1nnc2cc(Cl)c(Cl)cc21. The summed E-state index contributed by atoms with van der Waals surface area (Å²) in [6.45, 7) is 0.457. The van der Waals surface area contributed by atoms with Gasteiger partial charge in [0.15, 0.2) is 0 Å². The van der Waals surface area contributed by atoms with Crippen molar-refractivity contribution >= 4 is 34.2 Å². The van der Waals surface area contributed by atoms with Gasteiger partial charge in [-0.05, 0) is 23.8 Å². The summed E-state index contributed by atoms with van der Waals surface area (Å²) in [6.07, 6.45) is 0. The molecule has 98 valence electrons. The van der Waals surface area contributed by atoms with E-state index in [9.17, 15) is 0 Å². The summed E-state index contributed by atoms with van der Waals surface area (Å²) in [5, 5.41) is 18.2. The van der Waals surface area contributed by atoms with Crippen LogP contribution in [0.3, 0.4) is 0 Å². The van der Waals surface area contributed by atoms with E-state index in [0.717, 1.165) is 11.1 Å². The van der Waals surface area contributed by atoms with E-state index in [2.05, 4.69) is 16.4 Å². The van der Waals surface area contributed by atoms with Gasteiger partial charge in [0.2, 0.25) is 0 Å². The molecule has 0 amide bonds. The van der Waals surface area contributed by atoms with Crippen molar-refractivity contribution in [3.05, 3.63) is 57.6 Å². The molecular formula is C14H8Cl2N4. The molecule has 3 rings (SSSR count). The van der Waals surface area contributed by atoms with Gasteiger partial charge in [-0.3, -0.25) is 0 Å². The van der Waals surface area contributed by atoms with Crippen molar-refractivity contribution in [2.24, 2.45) is 0 Å². The maximum absolute atomic E-state index is 9.11. The van der Waals surface area contributed by atoms with Crippen molar-refractivity contribution < 1.29 is 0 Å². The van der Waals surface area contributed by atoms with Crippen molar-refractivity contribution in [3.63, 3.8) is 0 Å². The summed E-state index contributed by atoms with van der Waals surface area (Å²) in [6, 6.07) is 13.0. The van der Waals surface area contributed by atoms with E-state index in [1.807, 2.05) is 18.2 Å². The number of hydrogen-bond acceptors (Lipinski definition) is 3. The van der Waals surface area contributed by atoms with Gasteiger partial charge in [-0.1, -0.05) is 46.6 Å². The van der Waals surface area contributed by atoms with Crippen LogP contribution in [0, 0.1) is 11.3 Å². The van der Waals surface area contributed by atoms with Gasteiger partial charge in [-0.2, -0.15) is 5.26 Å². The number of rotatable bonds is 2. The fourth-order valence-corrected chi connectivity index (χ4v) is 2.32. The van der Waals surface area contributed by atoms with Gasteiger partial charge < -0.3 is 0 Å². The predicted octanol–water partition coefficient (Wildman–Crippen LogP) is 3.66. The molecule has 1 heterocycles. The average Bonchev–Trinajstić information content (AvgIpc) is 2.82. The third-order valence-electron chi connectivity index (χ3n) is 3.01. The Labute approximate surface area is 125 Å². The number of fused-ring (bicyclic) bond motifs is 1. The van der Waals surface area contributed by atoms with Gasteiger partial charge in [0.05, 0.1) is 33.7 Å². The second-order valence-electron chi connectivity index (χ2n) is 4.27. The number of benzene rings is 2. The van der Waals surface area contributed by atoms with Crippen LogP contribution in [-0.4, -0.2) is 15.0 Å². The third kappa shape index (κ3) is 2.22. The number of aromatic nitrogens is 3. The Morgan fingerprint density at radius 2 is 1.90 bits per heavy atom. The molecule has 0 aliphatic heterocycles. The largest absolute Gasteiger partial charge is 0.240 e. The van der Waals surface area contributed by atoms with Gasteiger partial charge in [-0.15, -0.1) is 5.10 Å². The third-order valence-corrected chi connectivity index (χ3v) is 3.74. The molecule has 3 aromatic rings. The minimum absolute atomic E-state index is 0.448. The van der Waals surface area contributed by atoms with E-state index in [1.54, 1.807) is 22.9 Å². The van der Waals surface area contributed by atoms with Gasteiger partial charge in [-0.25, -0.2) is 4.68 Å². The van der Waals surface area contributed by atoms with Crippen molar-refractivity contribution in [2.45, 2.75) is 6.54 Å². The summed E-state index contributed by atoms with van der Waals surface area (Å²) < 4.78 is 1.70.